The summed E-state index contributed by atoms with van der Waals surface area (Å²) >= 11 is 0. The van der Waals surface area contributed by atoms with Gasteiger partial charge in [-0.1, -0.05) is 17.7 Å². The van der Waals surface area contributed by atoms with Crippen LogP contribution < -0.4 is 4.74 Å². The van der Waals surface area contributed by atoms with Crippen LogP contribution in [0.15, 0.2) is 18.2 Å². The highest BCUT2D eigenvalue weighted by Gasteiger charge is 2.04. The molecule has 0 aliphatic heterocycles. The van der Waals surface area contributed by atoms with Crippen molar-refractivity contribution in [2.45, 2.75) is 13.5 Å². The van der Waals surface area contributed by atoms with E-state index in [-0.39, 0.29) is 6.61 Å². The molecule has 0 fully saturated rings. The van der Waals surface area contributed by atoms with Crippen molar-refractivity contribution in [3.05, 3.63) is 29.3 Å². The van der Waals surface area contributed by atoms with Crippen LogP contribution in [0.5, 0.6) is 5.75 Å². The molecule has 2 N–H and O–H groups in total. The number of hydrogen-bond donors (Lipinski definition) is 2. The molecule has 0 bridgehead atoms. The fourth-order valence-corrected chi connectivity index (χ4v) is 1.11. The Morgan fingerprint density at radius 2 is 2.21 bits per heavy atom. The lowest BCUT2D eigenvalue weighted by Crippen LogP contribution is -2.10. The molecule has 1 aromatic rings. The minimum atomic E-state index is -1.03. The van der Waals surface area contributed by atoms with E-state index in [2.05, 4.69) is 0 Å². The summed E-state index contributed by atoms with van der Waals surface area (Å²) in [5.41, 5.74) is 1.60. The van der Waals surface area contributed by atoms with Crippen LogP contribution in [0.3, 0.4) is 0 Å². The minimum Gasteiger partial charge on any atom is -0.482 e. The van der Waals surface area contributed by atoms with Gasteiger partial charge in [-0.2, -0.15) is 0 Å². The van der Waals surface area contributed by atoms with Crippen molar-refractivity contribution in [3.63, 3.8) is 0 Å². The van der Waals surface area contributed by atoms with E-state index in [4.69, 9.17) is 14.9 Å². The summed E-state index contributed by atoms with van der Waals surface area (Å²) < 4.78 is 4.98. The predicted octanol–water partition coefficient (Wildman–Crippen LogP) is 0.951. The third-order valence-corrected chi connectivity index (χ3v) is 1.74. The molecule has 1 aromatic carbocycles. The number of carboxylic acids is 1. The van der Waals surface area contributed by atoms with E-state index in [9.17, 15) is 4.79 Å². The van der Waals surface area contributed by atoms with Crippen LogP contribution in [0.2, 0.25) is 0 Å². The number of hydrogen-bond acceptors (Lipinski definition) is 3. The number of aliphatic hydroxyl groups excluding tert-OH is 1. The second-order valence-corrected chi connectivity index (χ2v) is 2.95. The lowest BCUT2D eigenvalue weighted by atomic mass is 10.1. The van der Waals surface area contributed by atoms with E-state index < -0.39 is 12.6 Å². The Balaban J connectivity index is 2.80. The molecule has 4 heteroatoms. The van der Waals surface area contributed by atoms with Gasteiger partial charge in [-0.05, 0) is 13.0 Å². The number of aryl methyl sites for hydroxylation is 1. The fourth-order valence-electron chi connectivity index (χ4n) is 1.11. The van der Waals surface area contributed by atoms with E-state index in [0.29, 0.717) is 11.3 Å². The van der Waals surface area contributed by atoms with Crippen LogP contribution in [0.25, 0.3) is 0 Å². The molecular weight excluding hydrogens is 184 g/mol. The van der Waals surface area contributed by atoms with Crippen molar-refractivity contribution in [2.24, 2.45) is 0 Å². The molecule has 76 valence electrons. The number of aliphatic carboxylic acids is 1. The zero-order chi connectivity index (χ0) is 10.6. The molecule has 0 aromatic heterocycles. The number of rotatable bonds is 4. The summed E-state index contributed by atoms with van der Waals surface area (Å²) in [6, 6.07) is 5.22. The summed E-state index contributed by atoms with van der Waals surface area (Å²) in [5, 5.41) is 17.4. The number of carbonyl (C=O) groups is 1. The lowest BCUT2D eigenvalue weighted by Gasteiger charge is -2.08. The second kappa shape index (κ2) is 4.62. The molecule has 4 nitrogen and oxygen atoms in total. The molecule has 0 atom stereocenters. The maximum absolute atomic E-state index is 10.3. The Kier molecular flexibility index (Phi) is 3.48. The van der Waals surface area contributed by atoms with Crippen LogP contribution in [0.4, 0.5) is 0 Å². The molecule has 0 unspecified atom stereocenters. The van der Waals surface area contributed by atoms with Crippen LogP contribution in [-0.4, -0.2) is 22.8 Å². The lowest BCUT2D eigenvalue weighted by molar-refractivity contribution is -0.139. The van der Waals surface area contributed by atoms with Gasteiger partial charge in [0.05, 0.1) is 6.61 Å². The smallest absolute Gasteiger partial charge is 0.341 e. The van der Waals surface area contributed by atoms with Gasteiger partial charge in [0.25, 0.3) is 0 Å². The van der Waals surface area contributed by atoms with Gasteiger partial charge in [-0.25, -0.2) is 4.79 Å². The average Bonchev–Trinajstić information content (AvgIpc) is 2.15. The van der Waals surface area contributed by atoms with Gasteiger partial charge >= 0.3 is 5.97 Å². The van der Waals surface area contributed by atoms with Crippen molar-refractivity contribution in [1.29, 1.82) is 0 Å². The molecule has 0 saturated carbocycles. The molecule has 0 amide bonds. The fraction of sp³-hybridized carbons (Fsp3) is 0.300. The van der Waals surface area contributed by atoms with Gasteiger partial charge in [0.15, 0.2) is 6.61 Å². The zero-order valence-corrected chi connectivity index (χ0v) is 7.86. The number of ether oxygens (including phenoxy) is 1. The highest BCUT2D eigenvalue weighted by molar-refractivity contribution is 5.68. The molecule has 0 aliphatic rings. The molecule has 0 saturated heterocycles. The highest BCUT2D eigenvalue weighted by Crippen LogP contribution is 2.19. The Morgan fingerprint density at radius 3 is 2.79 bits per heavy atom. The van der Waals surface area contributed by atoms with Gasteiger partial charge in [0, 0.05) is 5.56 Å². The van der Waals surface area contributed by atoms with Gasteiger partial charge in [-0.15, -0.1) is 0 Å². The quantitative estimate of drug-likeness (QED) is 0.752. The monoisotopic (exact) mass is 196 g/mol. The van der Waals surface area contributed by atoms with Gasteiger partial charge in [0.2, 0.25) is 0 Å². The summed E-state index contributed by atoms with van der Waals surface area (Å²) in [7, 11) is 0. The first-order valence-electron chi connectivity index (χ1n) is 4.18. The summed E-state index contributed by atoms with van der Waals surface area (Å²) in [6.07, 6.45) is 0. The highest BCUT2D eigenvalue weighted by atomic mass is 16.5. The van der Waals surface area contributed by atoms with Crippen LogP contribution in [-0.2, 0) is 11.4 Å². The van der Waals surface area contributed by atoms with Crippen molar-refractivity contribution in [2.75, 3.05) is 6.61 Å². The van der Waals surface area contributed by atoms with Crippen LogP contribution in [0.1, 0.15) is 11.1 Å². The summed E-state index contributed by atoms with van der Waals surface area (Å²) in [5.74, 6) is -0.616. The van der Waals surface area contributed by atoms with E-state index in [1.54, 1.807) is 18.2 Å². The maximum atomic E-state index is 10.3. The first-order chi connectivity index (χ1) is 6.63. The number of benzene rings is 1. The van der Waals surface area contributed by atoms with E-state index in [1.165, 1.54) is 0 Å². The van der Waals surface area contributed by atoms with Crippen molar-refractivity contribution in [1.82, 2.24) is 0 Å². The molecular formula is C10H12O4. The minimum absolute atomic E-state index is 0.156. The molecule has 0 spiro atoms. The third-order valence-electron chi connectivity index (χ3n) is 1.74. The summed E-state index contributed by atoms with van der Waals surface area (Å²) in [6.45, 7) is 1.34. The average molecular weight is 196 g/mol. The molecule has 14 heavy (non-hydrogen) atoms. The first kappa shape index (κ1) is 10.5. The van der Waals surface area contributed by atoms with Gasteiger partial charge < -0.3 is 14.9 Å². The second-order valence-electron chi connectivity index (χ2n) is 2.95. The number of carboxylic acid groups (broad SMARTS) is 1. The number of aliphatic hydroxyl groups is 1. The first-order valence-corrected chi connectivity index (χ1v) is 4.18. The van der Waals surface area contributed by atoms with Crippen molar-refractivity contribution >= 4 is 5.97 Å². The molecule has 0 radical (unpaired) electrons. The standard InChI is InChI=1S/C10H12O4/c1-7-2-3-9(8(4-7)5-11)14-6-10(12)13/h2-4,11H,5-6H2,1H3,(H,12,13). The van der Waals surface area contributed by atoms with E-state index in [1.807, 2.05) is 6.92 Å². The maximum Gasteiger partial charge on any atom is 0.341 e. The molecule has 0 aliphatic carbocycles. The van der Waals surface area contributed by atoms with E-state index in [0.717, 1.165) is 5.56 Å². The van der Waals surface area contributed by atoms with Crippen LogP contribution in [0, 0.1) is 6.92 Å². The normalized spacial score (nSPS) is 9.86. The van der Waals surface area contributed by atoms with Gasteiger partial charge in [-0.3, -0.25) is 0 Å². The predicted molar refractivity (Wildman–Crippen MR) is 50.2 cm³/mol. The van der Waals surface area contributed by atoms with Crippen molar-refractivity contribution in [3.8, 4) is 5.75 Å². The van der Waals surface area contributed by atoms with Crippen molar-refractivity contribution < 1.29 is 19.7 Å². The largest absolute Gasteiger partial charge is 0.482 e. The third kappa shape index (κ3) is 2.74. The Labute approximate surface area is 81.8 Å². The molecule has 0 heterocycles. The Morgan fingerprint density at radius 1 is 1.50 bits per heavy atom. The Hall–Kier alpha value is -1.55. The van der Waals surface area contributed by atoms with E-state index >= 15 is 0 Å². The zero-order valence-electron chi connectivity index (χ0n) is 7.86. The molecule has 1 rings (SSSR count). The summed E-state index contributed by atoms with van der Waals surface area (Å²) in [4.78, 5) is 10.3. The Bertz CT molecular complexity index is 333. The van der Waals surface area contributed by atoms with Gasteiger partial charge in [0.1, 0.15) is 5.75 Å². The SMILES string of the molecule is Cc1ccc(OCC(=O)O)c(CO)c1. The van der Waals surface area contributed by atoms with Crippen LogP contribution >= 0.6 is 0 Å². The topological polar surface area (TPSA) is 66.8 Å².